The molecule has 0 heterocycles. The number of carboxylic acid groups (broad SMARTS) is 1. The highest BCUT2D eigenvalue weighted by Crippen LogP contribution is 2.27. The average Bonchev–Trinajstić information content (AvgIpc) is 2.38. The second kappa shape index (κ2) is 6.35. The van der Waals surface area contributed by atoms with Crippen LogP contribution in [0.4, 0.5) is 4.39 Å². The van der Waals surface area contributed by atoms with E-state index >= 15 is 0 Å². The predicted octanol–water partition coefficient (Wildman–Crippen LogP) is 3.53. The van der Waals surface area contributed by atoms with Crippen LogP contribution in [0.25, 0.3) is 0 Å². The first-order valence-corrected chi connectivity index (χ1v) is 7.19. The van der Waals surface area contributed by atoms with Crippen LogP contribution in [0.1, 0.15) is 48.5 Å². The monoisotopic (exact) mass is 279 g/mol. The molecule has 0 aromatic heterocycles. The summed E-state index contributed by atoms with van der Waals surface area (Å²) in [6.45, 7) is 2.94. The van der Waals surface area contributed by atoms with Crippen molar-refractivity contribution >= 4 is 5.97 Å². The van der Waals surface area contributed by atoms with Gasteiger partial charge in [-0.3, -0.25) is 4.90 Å². The van der Waals surface area contributed by atoms with Gasteiger partial charge >= 0.3 is 5.97 Å². The Bertz CT molecular complexity index is 489. The van der Waals surface area contributed by atoms with Crippen molar-refractivity contribution in [2.45, 2.75) is 45.2 Å². The van der Waals surface area contributed by atoms with Gasteiger partial charge in [0.1, 0.15) is 5.82 Å². The summed E-state index contributed by atoms with van der Waals surface area (Å²) in [4.78, 5) is 13.0. The summed E-state index contributed by atoms with van der Waals surface area (Å²) < 4.78 is 13.7. The lowest BCUT2D eigenvalue weighted by atomic mass is 9.86. The van der Waals surface area contributed by atoms with Crippen molar-refractivity contribution in [1.29, 1.82) is 0 Å². The standard InChI is InChI=1S/C16H22FNO2/c1-11-4-3-5-13(8-11)18(2)10-12-6-7-14(16(19)20)15(17)9-12/h6-7,9,11,13H,3-5,8,10H2,1-2H3,(H,19,20). The van der Waals surface area contributed by atoms with Gasteiger partial charge in [-0.1, -0.05) is 25.8 Å². The molecule has 20 heavy (non-hydrogen) atoms. The zero-order chi connectivity index (χ0) is 14.7. The number of carboxylic acids is 1. The van der Waals surface area contributed by atoms with Gasteiger partial charge < -0.3 is 5.11 Å². The maximum atomic E-state index is 13.7. The molecule has 0 saturated heterocycles. The van der Waals surface area contributed by atoms with E-state index in [9.17, 15) is 9.18 Å². The molecule has 1 aromatic rings. The van der Waals surface area contributed by atoms with Crippen LogP contribution in [0.3, 0.4) is 0 Å². The molecule has 110 valence electrons. The molecule has 1 aliphatic carbocycles. The van der Waals surface area contributed by atoms with Crippen LogP contribution in [0.15, 0.2) is 18.2 Å². The van der Waals surface area contributed by atoms with Gasteiger partial charge in [-0.15, -0.1) is 0 Å². The van der Waals surface area contributed by atoms with Gasteiger partial charge in [0, 0.05) is 12.6 Å². The number of halogens is 1. The summed E-state index contributed by atoms with van der Waals surface area (Å²) >= 11 is 0. The van der Waals surface area contributed by atoms with Crippen LogP contribution >= 0.6 is 0 Å². The number of benzene rings is 1. The molecule has 2 rings (SSSR count). The van der Waals surface area contributed by atoms with E-state index < -0.39 is 11.8 Å². The van der Waals surface area contributed by atoms with Crippen LogP contribution in [-0.4, -0.2) is 29.1 Å². The van der Waals surface area contributed by atoms with Gasteiger partial charge in [0.2, 0.25) is 0 Å². The molecular weight excluding hydrogens is 257 g/mol. The van der Waals surface area contributed by atoms with Gasteiger partial charge in [-0.2, -0.15) is 0 Å². The van der Waals surface area contributed by atoms with Crippen molar-refractivity contribution < 1.29 is 14.3 Å². The summed E-state index contributed by atoms with van der Waals surface area (Å²) in [5.41, 5.74) is 0.566. The molecule has 4 heteroatoms. The van der Waals surface area contributed by atoms with Gasteiger partial charge in [-0.05, 0) is 43.5 Å². The van der Waals surface area contributed by atoms with Crippen molar-refractivity contribution in [2.24, 2.45) is 5.92 Å². The van der Waals surface area contributed by atoms with E-state index in [1.54, 1.807) is 6.07 Å². The number of hydrogen-bond donors (Lipinski definition) is 1. The predicted molar refractivity (Wildman–Crippen MR) is 76.2 cm³/mol. The van der Waals surface area contributed by atoms with Crippen molar-refractivity contribution in [2.75, 3.05) is 7.05 Å². The second-order valence-corrected chi connectivity index (χ2v) is 5.96. The summed E-state index contributed by atoms with van der Waals surface area (Å²) in [6.07, 6.45) is 4.93. The Morgan fingerprint density at radius 3 is 2.80 bits per heavy atom. The van der Waals surface area contributed by atoms with E-state index in [2.05, 4.69) is 18.9 Å². The third kappa shape index (κ3) is 3.57. The maximum absolute atomic E-state index is 13.7. The van der Waals surface area contributed by atoms with E-state index in [1.807, 2.05) is 0 Å². The molecule has 1 fully saturated rings. The van der Waals surface area contributed by atoms with Crippen molar-refractivity contribution in [1.82, 2.24) is 4.90 Å². The molecule has 1 N–H and O–H groups in total. The lowest BCUT2D eigenvalue weighted by molar-refractivity contribution is 0.0692. The quantitative estimate of drug-likeness (QED) is 0.916. The Morgan fingerprint density at radius 2 is 2.20 bits per heavy atom. The number of rotatable bonds is 4. The Morgan fingerprint density at radius 1 is 1.45 bits per heavy atom. The smallest absolute Gasteiger partial charge is 0.338 e. The van der Waals surface area contributed by atoms with Crippen LogP contribution in [-0.2, 0) is 6.54 Å². The lowest BCUT2D eigenvalue weighted by Gasteiger charge is -2.34. The van der Waals surface area contributed by atoms with Crippen LogP contribution < -0.4 is 0 Å². The molecule has 2 unspecified atom stereocenters. The molecule has 0 spiro atoms. The maximum Gasteiger partial charge on any atom is 0.338 e. The SMILES string of the molecule is CC1CCCC(N(C)Cc2ccc(C(=O)O)c(F)c2)C1. The largest absolute Gasteiger partial charge is 0.478 e. The first-order chi connectivity index (χ1) is 9.47. The number of carbonyl (C=O) groups is 1. The molecular formula is C16H22FNO2. The highest BCUT2D eigenvalue weighted by atomic mass is 19.1. The first kappa shape index (κ1) is 15.0. The Hall–Kier alpha value is -1.42. The number of aromatic carboxylic acids is 1. The third-order valence-corrected chi connectivity index (χ3v) is 4.23. The normalized spacial score (nSPS) is 23.0. The number of nitrogens with zero attached hydrogens (tertiary/aromatic N) is 1. The molecule has 1 aromatic carbocycles. The average molecular weight is 279 g/mol. The third-order valence-electron chi connectivity index (χ3n) is 4.23. The zero-order valence-electron chi connectivity index (χ0n) is 12.1. The molecule has 0 aliphatic heterocycles. The van der Waals surface area contributed by atoms with E-state index in [4.69, 9.17) is 5.11 Å². The van der Waals surface area contributed by atoms with Crippen molar-refractivity contribution in [3.63, 3.8) is 0 Å². The van der Waals surface area contributed by atoms with Crippen LogP contribution in [0.5, 0.6) is 0 Å². The molecule has 0 radical (unpaired) electrons. The van der Waals surface area contributed by atoms with Gasteiger partial charge in [-0.25, -0.2) is 9.18 Å². The Kier molecular flexibility index (Phi) is 4.76. The molecule has 0 bridgehead atoms. The summed E-state index contributed by atoms with van der Waals surface area (Å²) in [7, 11) is 2.06. The van der Waals surface area contributed by atoms with Gasteiger partial charge in [0.05, 0.1) is 5.56 Å². The van der Waals surface area contributed by atoms with Crippen LogP contribution in [0.2, 0.25) is 0 Å². The first-order valence-electron chi connectivity index (χ1n) is 7.19. The van der Waals surface area contributed by atoms with Crippen molar-refractivity contribution in [3.8, 4) is 0 Å². The minimum Gasteiger partial charge on any atom is -0.478 e. The minimum atomic E-state index is -1.22. The number of hydrogen-bond acceptors (Lipinski definition) is 2. The molecule has 3 nitrogen and oxygen atoms in total. The second-order valence-electron chi connectivity index (χ2n) is 5.96. The fourth-order valence-corrected chi connectivity index (χ4v) is 3.05. The topological polar surface area (TPSA) is 40.5 Å². The highest BCUT2D eigenvalue weighted by Gasteiger charge is 2.22. The van der Waals surface area contributed by atoms with Crippen molar-refractivity contribution in [3.05, 3.63) is 35.1 Å². The summed E-state index contributed by atoms with van der Waals surface area (Å²) in [6, 6.07) is 4.94. The lowest BCUT2D eigenvalue weighted by Crippen LogP contribution is -2.35. The van der Waals surface area contributed by atoms with E-state index in [-0.39, 0.29) is 5.56 Å². The summed E-state index contributed by atoms with van der Waals surface area (Å²) in [5, 5.41) is 8.82. The van der Waals surface area contributed by atoms with Crippen LogP contribution in [0, 0.1) is 11.7 Å². The molecule has 1 aliphatic rings. The molecule has 2 atom stereocenters. The highest BCUT2D eigenvalue weighted by molar-refractivity contribution is 5.87. The zero-order valence-corrected chi connectivity index (χ0v) is 12.1. The molecule has 0 amide bonds. The Balaban J connectivity index is 2.02. The fourth-order valence-electron chi connectivity index (χ4n) is 3.05. The molecule has 1 saturated carbocycles. The summed E-state index contributed by atoms with van der Waals surface area (Å²) in [5.74, 6) is -1.12. The van der Waals surface area contributed by atoms with E-state index in [1.165, 1.54) is 37.8 Å². The van der Waals surface area contributed by atoms with Gasteiger partial charge in [0.25, 0.3) is 0 Å². The van der Waals surface area contributed by atoms with Gasteiger partial charge in [0.15, 0.2) is 0 Å². The fraction of sp³-hybridized carbons (Fsp3) is 0.562. The minimum absolute atomic E-state index is 0.261. The van der Waals surface area contributed by atoms with E-state index in [0.29, 0.717) is 12.6 Å². The Labute approximate surface area is 119 Å². The van der Waals surface area contributed by atoms with E-state index in [0.717, 1.165) is 11.5 Å².